The maximum atomic E-state index is 12.2. The molecule has 2 saturated heterocycles. The summed E-state index contributed by atoms with van der Waals surface area (Å²) in [5.41, 5.74) is 1.06. The molecule has 0 aliphatic carbocycles. The number of carbonyl (C=O) groups is 1. The number of fused-ring (bicyclic) bond motifs is 2. The highest BCUT2D eigenvalue weighted by molar-refractivity contribution is 5.96. The van der Waals surface area contributed by atoms with Gasteiger partial charge in [-0.05, 0) is 41.8 Å². The predicted molar refractivity (Wildman–Crippen MR) is 100 cm³/mol. The number of ether oxygens (including phenoxy) is 1. The van der Waals surface area contributed by atoms with Crippen molar-refractivity contribution in [1.29, 1.82) is 0 Å². The minimum atomic E-state index is -0.0694. The van der Waals surface area contributed by atoms with Crippen molar-refractivity contribution in [3.8, 4) is 0 Å². The lowest BCUT2D eigenvalue weighted by molar-refractivity contribution is -0.117. The van der Waals surface area contributed by atoms with Gasteiger partial charge in [-0.2, -0.15) is 0 Å². The number of rotatable bonds is 4. The molecular weight excluding hydrogens is 312 g/mol. The van der Waals surface area contributed by atoms with Crippen molar-refractivity contribution in [1.82, 2.24) is 10.2 Å². The van der Waals surface area contributed by atoms with Crippen LogP contribution >= 0.6 is 0 Å². The van der Waals surface area contributed by atoms with Gasteiger partial charge in [-0.3, -0.25) is 9.69 Å². The topological polar surface area (TPSA) is 41.6 Å². The van der Waals surface area contributed by atoms with Crippen LogP contribution in [0.25, 0.3) is 16.8 Å². The summed E-state index contributed by atoms with van der Waals surface area (Å²) < 4.78 is 5.88. The number of nitrogens with one attached hydrogen (secondary N) is 1. The molecule has 2 fully saturated rings. The first-order valence-corrected chi connectivity index (χ1v) is 9.09. The fraction of sp³-hybridized carbons (Fsp3) is 0.381. The highest BCUT2D eigenvalue weighted by Crippen LogP contribution is 2.22. The smallest absolute Gasteiger partial charge is 0.244 e. The Labute approximate surface area is 148 Å². The van der Waals surface area contributed by atoms with E-state index in [-0.39, 0.29) is 12.0 Å². The van der Waals surface area contributed by atoms with Crippen LogP contribution in [0.5, 0.6) is 0 Å². The molecule has 4 nitrogen and oxygen atoms in total. The Kier molecular flexibility index (Phi) is 4.81. The Balaban J connectivity index is 1.33. The highest BCUT2D eigenvalue weighted by Gasteiger charge is 2.32. The summed E-state index contributed by atoms with van der Waals surface area (Å²) in [6.45, 7) is 3.46. The second-order valence-electron chi connectivity index (χ2n) is 6.89. The summed E-state index contributed by atoms with van der Waals surface area (Å²) in [6.07, 6.45) is 6.11. The Bertz CT molecular complexity index is 781. The van der Waals surface area contributed by atoms with Crippen LogP contribution in [0.3, 0.4) is 0 Å². The van der Waals surface area contributed by atoms with E-state index in [4.69, 9.17) is 4.74 Å². The molecule has 2 aromatic carbocycles. The van der Waals surface area contributed by atoms with Crippen LogP contribution in [0.4, 0.5) is 0 Å². The van der Waals surface area contributed by atoms with E-state index in [1.165, 1.54) is 24.8 Å². The zero-order valence-electron chi connectivity index (χ0n) is 14.4. The van der Waals surface area contributed by atoms with Gasteiger partial charge in [0.05, 0.1) is 12.7 Å². The molecule has 25 heavy (non-hydrogen) atoms. The first-order chi connectivity index (χ1) is 12.3. The predicted octanol–water partition coefficient (Wildman–Crippen LogP) is 2.83. The van der Waals surface area contributed by atoms with Crippen molar-refractivity contribution < 1.29 is 9.53 Å². The van der Waals surface area contributed by atoms with E-state index < -0.39 is 0 Å². The molecule has 4 rings (SSSR count). The lowest BCUT2D eigenvalue weighted by Gasteiger charge is -2.35. The molecule has 2 unspecified atom stereocenters. The van der Waals surface area contributed by atoms with Gasteiger partial charge in [0.25, 0.3) is 0 Å². The van der Waals surface area contributed by atoms with Crippen molar-refractivity contribution in [2.75, 3.05) is 26.2 Å². The summed E-state index contributed by atoms with van der Waals surface area (Å²) in [5.74, 6) is -0.0694. The monoisotopic (exact) mass is 336 g/mol. The van der Waals surface area contributed by atoms with Gasteiger partial charge in [-0.25, -0.2) is 0 Å². The average Bonchev–Trinajstić information content (AvgIpc) is 3.12. The molecule has 0 saturated carbocycles. The van der Waals surface area contributed by atoms with E-state index in [2.05, 4.69) is 28.4 Å². The van der Waals surface area contributed by atoms with Gasteiger partial charge < -0.3 is 10.1 Å². The van der Waals surface area contributed by atoms with Gasteiger partial charge in [0.1, 0.15) is 0 Å². The van der Waals surface area contributed by atoms with E-state index in [1.54, 1.807) is 6.08 Å². The molecule has 1 amide bonds. The molecule has 130 valence electrons. The number of morpholine rings is 1. The van der Waals surface area contributed by atoms with E-state index in [9.17, 15) is 4.79 Å². The molecule has 2 aromatic rings. The number of hydrogen-bond acceptors (Lipinski definition) is 3. The van der Waals surface area contributed by atoms with Crippen LogP contribution in [0.15, 0.2) is 48.5 Å². The number of carbonyl (C=O) groups excluding carboxylic acids is 1. The van der Waals surface area contributed by atoms with Crippen molar-refractivity contribution in [2.24, 2.45) is 0 Å². The molecule has 4 heteroatoms. The second-order valence-corrected chi connectivity index (χ2v) is 6.89. The molecule has 2 atom stereocenters. The third-order valence-electron chi connectivity index (χ3n) is 5.20. The van der Waals surface area contributed by atoms with E-state index in [0.717, 1.165) is 24.1 Å². The van der Waals surface area contributed by atoms with E-state index >= 15 is 0 Å². The SMILES string of the molecule is O=C(/C=C/c1cccc2ccccc12)NCC1CN2CCCC2CO1. The maximum Gasteiger partial charge on any atom is 0.244 e. The summed E-state index contributed by atoms with van der Waals surface area (Å²) in [5, 5.41) is 5.31. The van der Waals surface area contributed by atoms with Gasteiger partial charge in [0.15, 0.2) is 0 Å². The van der Waals surface area contributed by atoms with Crippen molar-refractivity contribution in [2.45, 2.75) is 25.0 Å². The van der Waals surface area contributed by atoms with Crippen molar-refractivity contribution in [3.63, 3.8) is 0 Å². The van der Waals surface area contributed by atoms with Crippen LogP contribution in [0.2, 0.25) is 0 Å². The van der Waals surface area contributed by atoms with Crippen LogP contribution in [-0.4, -0.2) is 49.2 Å². The average molecular weight is 336 g/mol. The van der Waals surface area contributed by atoms with E-state index in [0.29, 0.717) is 12.6 Å². The first kappa shape index (κ1) is 16.3. The number of amides is 1. The third-order valence-corrected chi connectivity index (χ3v) is 5.20. The Morgan fingerprint density at radius 3 is 3.08 bits per heavy atom. The molecule has 0 radical (unpaired) electrons. The van der Waals surface area contributed by atoms with Gasteiger partial charge in [-0.1, -0.05) is 42.5 Å². The fourth-order valence-electron chi connectivity index (χ4n) is 3.84. The van der Waals surface area contributed by atoms with Gasteiger partial charge in [0.2, 0.25) is 5.91 Å². The zero-order chi connectivity index (χ0) is 17.1. The molecule has 2 heterocycles. The molecule has 2 aliphatic rings. The third kappa shape index (κ3) is 3.75. The Hall–Kier alpha value is -2.17. The van der Waals surface area contributed by atoms with Gasteiger partial charge >= 0.3 is 0 Å². The fourth-order valence-corrected chi connectivity index (χ4v) is 3.84. The second kappa shape index (κ2) is 7.38. The van der Waals surface area contributed by atoms with Crippen molar-refractivity contribution >= 4 is 22.8 Å². The van der Waals surface area contributed by atoms with Gasteiger partial charge in [-0.15, -0.1) is 0 Å². The Morgan fingerprint density at radius 2 is 2.12 bits per heavy atom. The molecule has 1 N–H and O–H groups in total. The summed E-state index contributed by atoms with van der Waals surface area (Å²) in [4.78, 5) is 14.6. The lowest BCUT2D eigenvalue weighted by atomic mass is 10.0. The number of hydrogen-bond donors (Lipinski definition) is 1. The molecule has 0 spiro atoms. The molecular formula is C21H24N2O2. The summed E-state index contributed by atoms with van der Waals surface area (Å²) in [7, 11) is 0. The summed E-state index contributed by atoms with van der Waals surface area (Å²) >= 11 is 0. The Morgan fingerprint density at radius 1 is 1.24 bits per heavy atom. The van der Waals surface area contributed by atoms with Gasteiger partial charge in [0, 0.05) is 25.2 Å². The molecule has 0 bridgehead atoms. The number of nitrogens with zero attached hydrogens (tertiary/aromatic N) is 1. The normalized spacial score (nSPS) is 23.8. The number of benzene rings is 2. The van der Waals surface area contributed by atoms with E-state index in [1.807, 2.05) is 30.3 Å². The van der Waals surface area contributed by atoms with Crippen LogP contribution in [0, 0.1) is 0 Å². The van der Waals surface area contributed by atoms with Crippen LogP contribution < -0.4 is 5.32 Å². The maximum absolute atomic E-state index is 12.2. The summed E-state index contributed by atoms with van der Waals surface area (Å²) in [6, 6.07) is 14.9. The highest BCUT2D eigenvalue weighted by atomic mass is 16.5. The zero-order valence-corrected chi connectivity index (χ0v) is 14.4. The largest absolute Gasteiger partial charge is 0.373 e. The minimum Gasteiger partial charge on any atom is -0.373 e. The van der Waals surface area contributed by atoms with Crippen molar-refractivity contribution in [3.05, 3.63) is 54.1 Å². The first-order valence-electron chi connectivity index (χ1n) is 9.09. The molecule has 2 aliphatic heterocycles. The standard InChI is InChI=1S/C21H24N2O2/c24-21(22-13-19-14-23-12-4-8-18(23)15-25-19)11-10-17-7-3-6-16-5-1-2-9-20(16)17/h1-3,5-7,9-11,18-19H,4,8,12-15H2,(H,22,24)/b11-10+. The van der Waals surface area contributed by atoms with Crippen LogP contribution in [0.1, 0.15) is 18.4 Å². The minimum absolute atomic E-state index is 0.0694. The molecule has 0 aromatic heterocycles. The lowest BCUT2D eigenvalue weighted by Crippen LogP contribution is -2.49. The van der Waals surface area contributed by atoms with Crippen LogP contribution in [-0.2, 0) is 9.53 Å². The quantitative estimate of drug-likeness (QED) is 0.873.